The average molecular weight is 257 g/mol. The Balaban J connectivity index is 1.94. The summed E-state index contributed by atoms with van der Waals surface area (Å²) in [5.74, 6) is 0.830. The smallest absolute Gasteiger partial charge is 0.159 e. The van der Waals surface area contributed by atoms with Crippen LogP contribution in [0.2, 0.25) is 0 Å². The second-order valence-electron chi connectivity index (χ2n) is 4.51. The fourth-order valence-corrected chi connectivity index (χ4v) is 2.61. The van der Waals surface area contributed by atoms with Crippen LogP contribution in [0.15, 0.2) is 30.5 Å². The highest BCUT2D eigenvalue weighted by Crippen LogP contribution is 2.26. The summed E-state index contributed by atoms with van der Waals surface area (Å²) in [5, 5.41) is 0. The van der Waals surface area contributed by atoms with Crippen molar-refractivity contribution < 1.29 is 0 Å². The third-order valence-electron chi connectivity index (χ3n) is 3.19. The van der Waals surface area contributed by atoms with Crippen molar-refractivity contribution in [3.05, 3.63) is 47.3 Å². The number of hydrogen-bond donors (Lipinski definition) is 0. The summed E-state index contributed by atoms with van der Waals surface area (Å²) in [5.41, 5.74) is 4.76. The van der Waals surface area contributed by atoms with Gasteiger partial charge in [0.15, 0.2) is 5.82 Å². The largest absolute Gasteiger partial charge is 0.240 e. The van der Waals surface area contributed by atoms with Crippen molar-refractivity contribution in [2.24, 2.45) is 0 Å². The number of benzene rings is 1. The third kappa shape index (κ3) is 2.13. The van der Waals surface area contributed by atoms with Gasteiger partial charge in [0.1, 0.15) is 0 Å². The monoisotopic (exact) mass is 257 g/mol. The van der Waals surface area contributed by atoms with E-state index in [1.54, 1.807) is 11.9 Å². The molecular weight excluding hydrogens is 242 g/mol. The van der Waals surface area contributed by atoms with E-state index < -0.39 is 0 Å². The molecule has 1 aliphatic rings. The van der Waals surface area contributed by atoms with Gasteiger partial charge in [0, 0.05) is 23.9 Å². The van der Waals surface area contributed by atoms with Gasteiger partial charge in [-0.2, -0.15) is 0 Å². The predicted molar refractivity (Wildman–Crippen MR) is 75.0 cm³/mol. The van der Waals surface area contributed by atoms with Gasteiger partial charge in [0.2, 0.25) is 0 Å². The van der Waals surface area contributed by atoms with Crippen LogP contribution in [0.5, 0.6) is 0 Å². The zero-order valence-corrected chi connectivity index (χ0v) is 11.4. The Morgan fingerprint density at radius 2 is 1.94 bits per heavy atom. The summed E-state index contributed by atoms with van der Waals surface area (Å²) >= 11 is 1.76. The van der Waals surface area contributed by atoms with Crippen molar-refractivity contribution in [2.45, 2.75) is 20.0 Å². The number of fused-ring (bicyclic) bond motifs is 1. The minimum Gasteiger partial charge on any atom is -0.240 e. The molecule has 4 heteroatoms. The molecule has 3 nitrogen and oxygen atoms in total. The summed E-state index contributed by atoms with van der Waals surface area (Å²) in [6.45, 7) is 3.95. The van der Waals surface area contributed by atoms with Gasteiger partial charge in [0.25, 0.3) is 0 Å². The van der Waals surface area contributed by atoms with Crippen LogP contribution in [-0.2, 0) is 13.1 Å². The van der Waals surface area contributed by atoms with Crippen LogP contribution in [0.1, 0.15) is 16.8 Å². The molecule has 2 aromatic rings. The van der Waals surface area contributed by atoms with E-state index in [0.717, 1.165) is 30.2 Å². The van der Waals surface area contributed by atoms with Crippen molar-refractivity contribution >= 4 is 11.9 Å². The highest BCUT2D eigenvalue weighted by atomic mass is 32.2. The van der Waals surface area contributed by atoms with Gasteiger partial charge in [-0.05, 0) is 13.2 Å². The van der Waals surface area contributed by atoms with Crippen LogP contribution in [-0.4, -0.2) is 20.5 Å². The van der Waals surface area contributed by atoms with E-state index in [1.165, 1.54) is 11.1 Å². The molecule has 1 aromatic carbocycles. The fraction of sp³-hybridized carbons (Fsp3) is 0.286. The molecule has 0 fully saturated rings. The molecule has 0 aliphatic carbocycles. The maximum absolute atomic E-state index is 4.69. The lowest BCUT2D eigenvalue weighted by Crippen LogP contribution is -2.04. The van der Waals surface area contributed by atoms with Crippen LogP contribution in [0.4, 0.5) is 0 Å². The molecule has 0 saturated heterocycles. The molecule has 1 aliphatic heterocycles. The molecule has 0 radical (unpaired) electrons. The van der Waals surface area contributed by atoms with Gasteiger partial charge in [-0.15, -0.1) is 0 Å². The lowest BCUT2D eigenvalue weighted by Gasteiger charge is -2.07. The van der Waals surface area contributed by atoms with Crippen molar-refractivity contribution in [2.75, 3.05) is 6.26 Å². The number of aryl methyl sites for hydroxylation is 1. The number of rotatable bonds is 2. The van der Waals surface area contributed by atoms with Crippen LogP contribution in [0.25, 0.3) is 11.4 Å². The first-order valence-corrected chi connectivity index (χ1v) is 7.15. The maximum Gasteiger partial charge on any atom is 0.159 e. The van der Waals surface area contributed by atoms with Gasteiger partial charge in [0.05, 0.1) is 12.2 Å². The number of hydrogen-bond acceptors (Lipinski definition) is 4. The van der Waals surface area contributed by atoms with Crippen molar-refractivity contribution in [3.8, 4) is 11.4 Å². The summed E-state index contributed by atoms with van der Waals surface area (Å²) in [7, 11) is 0. The molecule has 0 unspecified atom stereocenters. The summed E-state index contributed by atoms with van der Waals surface area (Å²) in [6.07, 6.45) is 4.06. The zero-order chi connectivity index (χ0) is 12.5. The molecule has 0 atom stereocenters. The van der Waals surface area contributed by atoms with E-state index in [2.05, 4.69) is 51.7 Å². The van der Waals surface area contributed by atoms with Crippen molar-refractivity contribution in [1.29, 1.82) is 0 Å². The number of nitrogens with zero attached hydrogens (tertiary/aromatic N) is 3. The molecule has 92 valence electrons. The predicted octanol–water partition coefficient (Wildman–Crippen LogP) is 3.05. The van der Waals surface area contributed by atoms with Gasteiger partial charge in [-0.3, -0.25) is 0 Å². The molecule has 0 bridgehead atoms. The Morgan fingerprint density at radius 3 is 2.67 bits per heavy atom. The molecule has 1 aromatic heterocycles. The Morgan fingerprint density at radius 1 is 1.17 bits per heavy atom. The molecule has 0 saturated carbocycles. The van der Waals surface area contributed by atoms with Crippen LogP contribution in [0, 0.1) is 6.92 Å². The van der Waals surface area contributed by atoms with E-state index in [-0.39, 0.29) is 0 Å². The van der Waals surface area contributed by atoms with Gasteiger partial charge < -0.3 is 0 Å². The first kappa shape index (κ1) is 11.7. The van der Waals surface area contributed by atoms with Gasteiger partial charge in [-0.1, -0.05) is 41.8 Å². The van der Waals surface area contributed by atoms with Crippen LogP contribution < -0.4 is 0 Å². The fourth-order valence-electron chi connectivity index (χ4n) is 2.09. The second-order valence-corrected chi connectivity index (χ2v) is 5.39. The van der Waals surface area contributed by atoms with Crippen LogP contribution in [0.3, 0.4) is 0 Å². The second kappa shape index (κ2) is 4.71. The van der Waals surface area contributed by atoms with Crippen molar-refractivity contribution in [1.82, 2.24) is 14.3 Å². The lowest BCUT2D eigenvalue weighted by atomic mass is 10.1. The van der Waals surface area contributed by atoms with Gasteiger partial charge >= 0.3 is 0 Å². The molecule has 0 spiro atoms. The van der Waals surface area contributed by atoms with E-state index >= 15 is 0 Å². The van der Waals surface area contributed by atoms with E-state index in [0.29, 0.717) is 0 Å². The Labute approximate surface area is 111 Å². The standard InChI is InChI=1S/C14H15N3S/c1-10-3-5-11(6-4-10)14-15-7-12-8-17(18-2)9-13(12)16-14/h3-7H,8-9H2,1-2H3. The molecule has 3 rings (SSSR count). The Kier molecular flexibility index (Phi) is 3.06. The normalized spacial score (nSPS) is 14.8. The first-order valence-electron chi connectivity index (χ1n) is 5.97. The Bertz CT molecular complexity index is 566. The van der Waals surface area contributed by atoms with E-state index in [4.69, 9.17) is 0 Å². The highest BCUT2D eigenvalue weighted by Gasteiger charge is 2.20. The van der Waals surface area contributed by atoms with Crippen molar-refractivity contribution in [3.63, 3.8) is 0 Å². The molecule has 0 N–H and O–H groups in total. The summed E-state index contributed by atoms with van der Waals surface area (Å²) < 4.78 is 2.29. The zero-order valence-electron chi connectivity index (χ0n) is 10.6. The lowest BCUT2D eigenvalue weighted by molar-refractivity contribution is 0.507. The minimum atomic E-state index is 0.830. The topological polar surface area (TPSA) is 29.0 Å². The third-order valence-corrected chi connectivity index (χ3v) is 3.97. The van der Waals surface area contributed by atoms with E-state index in [1.807, 2.05) is 6.20 Å². The summed E-state index contributed by atoms with van der Waals surface area (Å²) in [4.78, 5) is 9.16. The first-order chi connectivity index (χ1) is 8.76. The quantitative estimate of drug-likeness (QED) is 0.773. The minimum absolute atomic E-state index is 0.830. The summed E-state index contributed by atoms with van der Waals surface area (Å²) in [6, 6.07) is 8.36. The maximum atomic E-state index is 4.69. The van der Waals surface area contributed by atoms with Crippen LogP contribution >= 0.6 is 11.9 Å². The van der Waals surface area contributed by atoms with Gasteiger partial charge in [-0.25, -0.2) is 14.3 Å². The molecule has 18 heavy (non-hydrogen) atoms. The highest BCUT2D eigenvalue weighted by molar-refractivity contribution is 7.96. The Hall–Kier alpha value is -1.39. The average Bonchev–Trinajstić information content (AvgIpc) is 2.81. The van der Waals surface area contributed by atoms with E-state index in [9.17, 15) is 0 Å². The molecular formula is C14H15N3S. The molecule has 2 heterocycles. The number of aromatic nitrogens is 2. The SMILES string of the molecule is CSN1Cc2cnc(-c3ccc(C)cc3)nc2C1. The molecule has 0 amide bonds.